The number of amides is 2. The van der Waals surface area contributed by atoms with Crippen LogP contribution in [0.15, 0.2) is 78.9 Å². The van der Waals surface area contributed by atoms with E-state index in [9.17, 15) is 9.59 Å². The van der Waals surface area contributed by atoms with E-state index in [0.717, 1.165) is 9.13 Å². The van der Waals surface area contributed by atoms with E-state index in [1.165, 1.54) is 0 Å². The van der Waals surface area contributed by atoms with Gasteiger partial charge in [0.15, 0.2) is 0 Å². The van der Waals surface area contributed by atoms with Crippen LogP contribution < -0.4 is 5.32 Å². The van der Waals surface area contributed by atoms with E-state index >= 15 is 0 Å². The number of hydrogen-bond acceptors (Lipinski definition) is 2. The summed E-state index contributed by atoms with van der Waals surface area (Å²) in [6.45, 7) is 0.499. The van der Waals surface area contributed by atoms with Crippen molar-refractivity contribution < 1.29 is 9.59 Å². The van der Waals surface area contributed by atoms with E-state index in [4.69, 9.17) is 0 Å². The molecule has 0 aliphatic carbocycles. The molecule has 5 heteroatoms. The first kappa shape index (κ1) is 19.1. The van der Waals surface area contributed by atoms with E-state index in [0.29, 0.717) is 23.4 Å². The average molecular weight is 470 g/mol. The molecule has 0 atom stereocenters. The molecule has 4 nitrogen and oxygen atoms in total. The maximum Gasteiger partial charge on any atom is 0.256 e. The molecular formula is C22H19IN2O2. The van der Waals surface area contributed by atoms with Crippen molar-refractivity contribution >= 4 is 40.1 Å². The van der Waals surface area contributed by atoms with E-state index < -0.39 is 0 Å². The molecule has 0 aromatic heterocycles. The Morgan fingerprint density at radius 1 is 0.926 bits per heavy atom. The topological polar surface area (TPSA) is 49.4 Å². The molecule has 0 bridgehead atoms. The second-order valence-electron chi connectivity index (χ2n) is 6.16. The molecule has 0 spiro atoms. The number of nitrogens with zero attached hydrogens (tertiary/aromatic N) is 1. The van der Waals surface area contributed by atoms with Crippen molar-refractivity contribution in [3.63, 3.8) is 0 Å². The largest absolute Gasteiger partial charge is 0.337 e. The Morgan fingerprint density at radius 3 is 2.37 bits per heavy atom. The summed E-state index contributed by atoms with van der Waals surface area (Å²) in [7, 11) is 1.76. The fourth-order valence-corrected chi connectivity index (χ4v) is 3.28. The summed E-state index contributed by atoms with van der Waals surface area (Å²) in [6.07, 6.45) is 0. The number of benzene rings is 3. The van der Waals surface area contributed by atoms with Gasteiger partial charge < -0.3 is 10.2 Å². The molecule has 3 aromatic rings. The van der Waals surface area contributed by atoms with Crippen LogP contribution in [-0.4, -0.2) is 23.8 Å². The lowest BCUT2D eigenvalue weighted by atomic mass is 10.1. The van der Waals surface area contributed by atoms with Gasteiger partial charge in [0.1, 0.15) is 0 Å². The highest BCUT2D eigenvalue weighted by Gasteiger charge is 2.17. The summed E-state index contributed by atoms with van der Waals surface area (Å²) in [5.41, 5.74) is 2.58. The zero-order valence-corrected chi connectivity index (χ0v) is 17.0. The number of carbonyl (C=O) groups excluding carboxylic acids is 2. The third-order valence-electron chi connectivity index (χ3n) is 4.10. The maximum atomic E-state index is 12.9. The first-order chi connectivity index (χ1) is 13.0. The molecule has 27 heavy (non-hydrogen) atoms. The molecular weight excluding hydrogens is 451 g/mol. The zero-order valence-electron chi connectivity index (χ0n) is 14.9. The second-order valence-corrected chi connectivity index (χ2v) is 7.40. The van der Waals surface area contributed by atoms with Gasteiger partial charge in [0.2, 0.25) is 0 Å². The molecule has 0 aliphatic rings. The van der Waals surface area contributed by atoms with Crippen LogP contribution in [0.5, 0.6) is 0 Å². The smallest absolute Gasteiger partial charge is 0.256 e. The Labute approximate surface area is 172 Å². The van der Waals surface area contributed by atoms with Crippen LogP contribution in [0.2, 0.25) is 0 Å². The van der Waals surface area contributed by atoms with Crippen molar-refractivity contribution in [2.75, 3.05) is 12.4 Å². The minimum absolute atomic E-state index is 0.141. The van der Waals surface area contributed by atoms with Crippen LogP contribution in [0, 0.1) is 3.57 Å². The minimum atomic E-state index is -0.237. The summed E-state index contributed by atoms with van der Waals surface area (Å²) in [4.78, 5) is 27.1. The molecule has 0 radical (unpaired) electrons. The molecule has 0 aliphatic heterocycles. The lowest BCUT2D eigenvalue weighted by Crippen LogP contribution is -2.27. The molecule has 3 rings (SSSR count). The SMILES string of the molecule is CN(Cc1ccccc1)C(=O)c1ccccc1NC(=O)c1cccc(I)c1. The van der Waals surface area contributed by atoms with Crippen LogP contribution >= 0.6 is 22.6 Å². The maximum absolute atomic E-state index is 12.9. The Balaban J connectivity index is 1.79. The number of carbonyl (C=O) groups is 2. The number of nitrogens with one attached hydrogen (secondary N) is 1. The van der Waals surface area contributed by atoms with Gasteiger partial charge in [-0.1, -0.05) is 48.5 Å². The van der Waals surface area contributed by atoms with Gasteiger partial charge in [-0.05, 0) is 58.5 Å². The van der Waals surface area contributed by atoms with Gasteiger partial charge in [0.25, 0.3) is 11.8 Å². The quantitative estimate of drug-likeness (QED) is 0.544. The standard InChI is InChI=1S/C22H19IN2O2/c1-25(15-16-8-3-2-4-9-16)22(27)19-12-5-6-13-20(19)24-21(26)17-10-7-11-18(23)14-17/h2-14H,15H2,1H3,(H,24,26). The van der Waals surface area contributed by atoms with Crippen molar-refractivity contribution in [3.8, 4) is 0 Å². The van der Waals surface area contributed by atoms with Crippen molar-refractivity contribution in [3.05, 3.63) is 99.1 Å². The Hall–Kier alpha value is -2.67. The molecule has 1 N–H and O–H groups in total. The van der Waals surface area contributed by atoms with E-state index in [1.54, 1.807) is 42.3 Å². The fourth-order valence-electron chi connectivity index (χ4n) is 2.74. The van der Waals surface area contributed by atoms with Gasteiger partial charge in [-0.15, -0.1) is 0 Å². The predicted molar refractivity (Wildman–Crippen MR) is 116 cm³/mol. The summed E-state index contributed by atoms with van der Waals surface area (Å²) in [5, 5.41) is 2.86. The summed E-state index contributed by atoms with van der Waals surface area (Å²) in [5.74, 6) is -0.378. The number of para-hydroxylation sites is 1. The van der Waals surface area contributed by atoms with Gasteiger partial charge in [-0.25, -0.2) is 0 Å². The molecule has 0 fully saturated rings. The summed E-state index contributed by atoms with van der Waals surface area (Å²) >= 11 is 2.17. The van der Waals surface area contributed by atoms with Crippen LogP contribution in [0.1, 0.15) is 26.3 Å². The number of anilines is 1. The number of hydrogen-bond donors (Lipinski definition) is 1. The first-order valence-electron chi connectivity index (χ1n) is 8.50. The van der Waals surface area contributed by atoms with Gasteiger partial charge in [-0.2, -0.15) is 0 Å². The number of halogens is 1. The Kier molecular flexibility index (Phi) is 6.24. The highest BCUT2D eigenvalue weighted by atomic mass is 127. The van der Waals surface area contributed by atoms with Crippen LogP contribution in [0.25, 0.3) is 0 Å². The lowest BCUT2D eigenvalue weighted by Gasteiger charge is -2.19. The fraction of sp³-hybridized carbons (Fsp3) is 0.0909. The zero-order chi connectivity index (χ0) is 19.2. The molecule has 2 amide bonds. The third kappa shape index (κ3) is 4.95. The first-order valence-corrected chi connectivity index (χ1v) is 9.58. The van der Waals surface area contributed by atoms with Crippen molar-refractivity contribution in [2.45, 2.75) is 6.54 Å². The van der Waals surface area contributed by atoms with Gasteiger partial charge in [0, 0.05) is 22.7 Å². The van der Waals surface area contributed by atoms with Crippen molar-refractivity contribution in [1.29, 1.82) is 0 Å². The van der Waals surface area contributed by atoms with E-state index in [2.05, 4.69) is 27.9 Å². The van der Waals surface area contributed by atoms with Crippen LogP contribution in [-0.2, 0) is 6.54 Å². The predicted octanol–water partition coefficient (Wildman–Crippen LogP) is 4.82. The molecule has 0 saturated carbocycles. The lowest BCUT2D eigenvalue weighted by molar-refractivity contribution is 0.0786. The summed E-state index contributed by atoms with van der Waals surface area (Å²) in [6, 6.07) is 24.2. The number of rotatable bonds is 5. The Morgan fingerprint density at radius 2 is 1.63 bits per heavy atom. The average Bonchev–Trinajstić information content (AvgIpc) is 2.68. The molecule has 136 valence electrons. The van der Waals surface area contributed by atoms with Crippen LogP contribution in [0.4, 0.5) is 5.69 Å². The van der Waals surface area contributed by atoms with Gasteiger partial charge in [0.05, 0.1) is 11.3 Å². The molecule has 0 heterocycles. The minimum Gasteiger partial charge on any atom is -0.337 e. The highest BCUT2D eigenvalue weighted by molar-refractivity contribution is 14.1. The molecule has 3 aromatic carbocycles. The van der Waals surface area contributed by atoms with Gasteiger partial charge >= 0.3 is 0 Å². The Bertz CT molecular complexity index is 957. The normalized spacial score (nSPS) is 10.3. The molecule has 0 saturated heterocycles. The summed E-state index contributed by atoms with van der Waals surface area (Å²) < 4.78 is 0.979. The third-order valence-corrected chi connectivity index (χ3v) is 4.77. The second kappa shape index (κ2) is 8.81. The molecule has 0 unspecified atom stereocenters. The van der Waals surface area contributed by atoms with E-state index in [-0.39, 0.29) is 11.8 Å². The van der Waals surface area contributed by atoms with E-state index in [1.807, 2.05) is 48.5 Å². The monoisotopic (exact) mass is 470 g/mol. The van der Waals surface area contributed by atoms with Crippen molar-refractivity contribution in [1.82, 2.24) is 4.90 Å². The van der Waals surface area contributed by atoms with Crippen molar-refractivity contribution in [2.24, 2.45) is 0 Å². The highest BCUT2D eigenvalue weighted by Crippen LogP contribution is 2.19. The van der Waals surface area contributed by atoms with Crippen LogP contribution in [0.3, 0.4) is 0 Å². The van der Waals surface area contributed by atoms with Gasteiger partial charge in [-0.3, -0.25) is 9.59 Å².